The molecule has 158 valence electrons. The van der Waals surface area contributed by atoms with Crippen molar-refractivity contribution in [3.8, 4) is 5.75 Å². The average Bonchev–Trinajstić information content (AvgIpc) is 3.05. The van der Waals surface area contributed by atoms with Crippen LogP contribution in [0.4, 0.5) is 10.1 Å². The number of pyridine rings is 1. The molecule has 2 aliphatic rings. The Morgan fingerprint density at radius 2 is 2.13 bits per heavy atom. The number of likely N-dealkylation sites (N-methyl/N-ethyl adjacent to an activating group) is 1. The monoisotopic (exact) mass is 431 g/mol. The van der Waals surface area contributed by atoms with Crippen LogP contribution in [-0.2, 0) is 0 Å². The smallest absolute Gasteiger partial charge is 0.269 e. The third-order valence-corrected chi connectivity index (χ3v) is 5.81. The van der Waals surface area contributed by atoms with Crippen molar-refractivity contribution in [2.75, 3.05) is 19.4 Å². The fraction of sp³-hybridized carbons (Fsp3) is 0.381. The molecule has 7 nitrogen and oxygen atoms in total. The number of aromatic nitrogens is 1. The van der Waals surface area contributed by atoms with E-state index in [0.29, 0.717) is 17.1 Å². The molecule has 9 heteroatoms. The van der Waals surface area contributed by atoms with Crippen LogP contribution in [0.5, 0.6) is 5.75 Å². The number of rotatable bonds is 4. The predicted octanol–water partition coefficient (Wildman–Crippen LogP) is 3.32. The van der Waals surface area contributed by atoms with E-state index in [2.05, 4.69) is 20.5 Å². The molecule has 2 heterocycles. The molecule has 0 radical (unpaired) electrons. The zero-order chi connectivity index (χ0) is 21.3. The number of amides is 1. The summed E-state index contributed by atoms with van der Waals surface area (Å²) < 4.78 is 19.5. The van der Waals surface area contributed by atoms with Gasteiger partial charge in [-0.15, -0.1) is 0 Å². The molecule has 1 amide bonds. The Morgan fingerprint density at radius 3 is 2.90 bits per heavy atom. The standard InChI is InChI=1S/C21H23ClFN5O2/c1-24-20(29)18-11-14(7-8-25-18)30-13-4-6-19-17(10-13)27-21(28(19)2)26-12-3-5-16(23)15(22)9-12/h3,5,7-9,11,13,17,19H,4,6,10H2,1-2H3,(H,24,29)(H,26,27). The highest BCUT2D eigenvalue weighted by Crippen LogP contribution is 2.33. The second kappa shape index (κ2) is 8.47. The topological polar surface area (TPSA) is 78.8 Å². The van der Waals surface area contributed by atoms with Crippen molar-refractivity contribution < 1.29 is 13.9 Å². The fourth-order valence-electron chi connectivity index (χ4n) is 3.95. The van der Waals surface area contributed by atoms with Gasteiger partial charge in [-0.25, -0.2) is 9.38 Å². The quantitative estimate of drug-likeness (QED) is 0.776. The zero-order valence-corrected chi connectivity index (χ0v) is 17.5. The maximum absolute atomic E-state index is 13.4. The minimum atomic E-state index is -0.451. The molecular weight excluding hydrogens is 409 g/mol. The molecule has 0 spiro atoms. The first kappa shape index (κ1) is 20.4. The van der Waals surface area contributed by atoms with Gasteiger partial charge in [-0.1, -0.05) is 11.6 Å². The van der Waals surface area contributed by atoms with E-state index in [1.165, 1.54) is 6.07 Å². The van der Waals surface area contributed by atoms with Gasteiger partial charge in [-0.2, -0.15) is 0 Å². The number of halogens is 2. The minimum Gasteiger partial charge on any atom is -0.490 e. The summed E-state index contributed by atoms with van der Waals surface area (Å²) in [5.41, 5.74) is 1.02. The van der Waals surface area contributed by atoms with Gasteiger partial charge in [0.25, 0.3) is 5.91 Å². The molecule has 2 aromatic rings. The van der Waals surface area contributed by atoms with Gasteiger partial charge in [-0.3, -0.25) is 9.78 Å². The summed E-state index contributed by atoms with van der Waals surface area (Å²) in [7, 11) is 3.57. The van der Waals surface area contributed by atoms with Crippen molar-refractivity contribution in [1.82, 2.24) is 15.2 Å². The lowest BCUT2D eigenvalue weighted by atomic mass is 9.89. The number of fused-ring (bicyclic) bond motifs is 1. The number of carbonyl (C=O) groups is 1. The number of guanidine groups is 1. The van der Waals surface area contributed by atoms with Crippen molar-refractivity contribution in [2.45, 2.75) is 37.5 Å². The molecule has 30 heavy (non-hydrogen) atoms. The fourth-order valence-corrected chi connectivity index (χ4v) is 4.13. The van der Waals surface area contributed by atoms with Gasteiger partial charge in [0.05, 0.1) is 17.1 Å². The molecular formula is C21H23ClFN5O2. The van der Waals surface area contributed by atoms with E-state index < -0.39 is 5.82 Å². The van der Waals surface area contributed by atoms with Crippen LogP contribution in [0.25, 0.3) is 0 Å². The van der Waals surface area contributed by atoms with Crippen LogP contribution in [0.2, 0.25) is 5.02 Å². The van der Waals surface area contributed by atoms with Crippen LogP contribution in [0.3, 0.4) is 0 Å². The van der Waals surface area contributed by atoms with Crippen molar-refractivity contribution in [3.05, 3.63) is 53.1 Å². The number of carbonyl (C=O) groups excluding carboxylic acids is 1. The second-order valence-electron chi connectivity index (χ2n) is 7.46. The Kier molecular flexibility index (Phi) is 5.76. The van der Waals surface area contributed by atoms with E-state index in [4.69, 9.17) is 21.3 Å². The largest absolute Gasteiger partial charge is 0.490 e. The van der Waals surface area contributed by atoms with Gasteiger partial charge in [0.15, 0.2) is 5.96 Å². The van der Waals surface area contributed by atoms with Crippen molar-refractivity contribution in [1.29, 1.82) is 0 Å². The molecule has 1 aromatic carbocycles. The number of nitrogens with zero attached hydrogens (tertiary/aromatic N) is 3. The Morgan fingerprint density at radius 1 is 1.30 bits per heavy atom. The van der Waals surface area contributed by atoms with Crippen molar-refractivity contribution in [3.63, 3.8) is 0 Å². The second-order valence-corrected chi connectivity index (χ2v) is 7.87. The van der Waals surface area contributed by atoms with E-state index in [9.17, 15) is 9.18 Å². The Labute approximate surface area is 179 Å². The van der Waals surface area contributed by atoms with Crippen molar-refractivity contribution in [2.24, 2.45) is 4.99 Å². The third-order valence-electron chi connectivity index (χ3n) is 5.52. The number of aliphatic imine (C=N–C) groups is 1. The lowest BCUT2D eigenvalue weighted by Gasteiger charge is -2.34. The van der Waals surface area contributed by atoms with E-state index in [0.717, 1.165) is 25.2 Å². The Balaban J connectivity index is 1.43. The van der Waals surface area contributed by atoms with Crippen molar-refractivity contribution >= 4 is 29.2 Å². The predicted molar refractivity (Wildman–Crippen MR) is 114 cm³/mol. The number of hydrogen-bond acceptors (Lipinski definition) is 6. The number of nitrogens with one attached hydrogen (secondary N) is 2. The normalized spacial score (nSPS) is 22.9. The van der Waals surface area contributed by atoms with Crippen LogP contribution in [-0.4, -0.2) is 54.0 Å². The van der Waals surface area contributed by atoms with Gasteiger partial charge in [0.2, 0.25) is 0 Å². The van der Waals surface area contributed by atoms with Gasteiger partial charge >= 0.3 is 0 Å². The Hall–Kier alpha value is -2.87. The van der Waals surface area contributed by atoms with Crippen LogP contribution < -0.4 is 15.4 Å². The first-order valence-electron chi connectivity index (χ1n) is 9.82. The van der Waals surface area contributed by atoms with E-state index in [1.54, 1.807) is 37.5 Å². The summed E-state index contributed by atoms with van der Waals surface area (Å²) in [5, 5.41) is 5.87. The molecule has 0 saturated heterocycles. The SMILES string of the molecule is CNC(=O)c1cc(OC2CCC3C(C2)N=C(Nc2ccc(F)c(Cl)c2)N3C)ccn1. The Bertz CT molecular complexity index is 986. The number of hydrogen-bond donors (Lipinski definition) is 2. The van der Waals surface area contributed by atoms with Crippen LogP contribution >= 0.6 is 11.6 Å². The summed E-state index contributed by atoms with van der Waals surface area (Å²) in [4.78, 5) is 22.8. The highest BCUT2D eigenvalue weighted by atomic mass is 35.5. The highest BCUT2D eigenvalue weighted by Gasteiger charge is 2.39. The van der Waals surface area contributed by atoms with Gasteiger partial charge in [-0.05, 0) is 37.1 Å². The van der Waals surface area contributed by atoms with E-state index in [-0.39, 0.29) is 29.1 Å². The molecule has 1 aromatic heterocycles. The third kappa shape index (κ3) is 4.18. The highest BCUT2D eigenvalue weighted by molar-refractivity contribution is 6.31. The van der Waals surface area contributed by atoms with Gasteiger partial charge in [0, 0.05) is 38.5 Å². The first-order valence-corrected chi connectivity index (χ1v) is 10.2. The lowest BCUT2D eigenvalue weighted by molar-refractivity contribution is 0.0954. The summed E-state index contributed by atoms with van der Waals surface area (Å²) in [6.45, 7) is 0. The molecule has 3 unspecified atom stereocenters. The molecule has 0 bridgehead atoms. The number of benzene rings is 1. The summed E-state index contributed by atoms with van der Waals surface area (Å²) in [6, 6.07) is 8.30. The maximum atomic E-state index is 13.4. The molecule has 1 fully saturated rings. The van der Waals surface area contributed by atoms with Crippen LogP contribution in [0.15, 0.2) is 41.5 Å². The number of anilines is 1. The molecule has 3 atom stereocenters. The minimum absolute atomic E-state index is 0.00273. The van der Waals surface area contributed by atoms with Gasteiger partial charge < -0.3 is 20.3 Å². The van der Waals surface area contributed by atoms with E-state index >= 15 is 0 Å². The summed E-state index contributed by atoms with van der Waals surface area (Å²) in [6.07, 6.45) is 4.15. The molecule has 1 aliphatic carbocycles. The molecule has 2 N–H and O–H groups in total. The van der Waals surface area contributed by atoms with Crippen LogP contribution in [0, 0.1) is 5.82 Å². The number of ether oxygens (including phenoxy) is 1. The lowest BCUT2D eigenvalue weighted by Crippen LogP contribution is -2.44. The van der Waals surface area contributed by atoms with Gasteiger partial charge in [0.1, 0.15) is 23.4 Å². The van der Waals surface area contributed by atoms with Crippen LogP contribution in [0.1, 0.15) is 29.8 Å². The maximum Gasteiger partial charge on any atom is 0.269 e. The summed E-state index contributed by atoms with van der Waals surface area (Å²) in [5.74, 6) is 0.664. The molecule has 1 aliphatic heterocycles. The molecule has 4 rings (SSSR count). The summed E-state index contributed by atoms with van der Waals surface area (Å²) >= 11 is 5.88. The molecule has 1 saturated carbocycles. The first-order chi connectivity index (χ1) is 14.4. The zero-order valence-electron chi connectivity index (χ0n) is 16.7. The average molecular weight is 432 g/mol. The van der Waals surface area contributed by atoms with E-state index in [1.807, 2.05) is 7.05 Å².